The molecule has 2 heterocycles. The number of furan rings is 1. The zero-order chi connectivity index (χ0) is 14.9. The first-order valence-electron chi connectivity index (χ1n) is 6.27. The fraction of sp³-hybridized carbons (Fsp3) is 0.286. The Bertz CT molecular complexity index is 649. The van der Waals surface area contributed by atoms with Gasteiger partial charge in [0.1, 0.15) is 17.3 Å². The van der Waals surface area contributed by atoms with E-state index in [1.165, 1.54) is 12.3 Å². The molecule has 20 heavy (non-hydrogen) atoms. The summed E-state index contributed by atoms with van der Waals surface area (Å²) in [5, 5.41) is 3.16. The van der Waals surface area contributed by atoms with Gasteiger partial charge in [-0.3, -0.25) is 4.79 Å². The van der Waals surface area contributed by atoms with Crippen LogP contribution >= 0.6 is 0 Å². The van der Waals surface area contributed by atoms with Gasteiger partial charge in [0.15, 0.2) is 0 Å². The first kappa shape index (κ1) is 13.9. The largest absolute Gasteiger partial charge is 0.466 e. The molecule has 2 rings (SSSR count). The van der Waals surface area contributed by atoms with Crippen molar-refractivity contribution in [1.29, 1.82) is 0 Å². The summed E-state index contributed by atoms with van der Waals surface area (Å²) in [5.74, 6) is 1.52. The molecule has 0 bridgehead atoms. The van der Waals surface area contributed by atoms with E-state index in [4.69, 9.17) is 15.9 Å². The van der Waals surface area contributed by atoms with Crippen LogP contribution in [-0.4, -0.2) is 10.9 Å². The van der Waals surface area contributed by atoms with E-state index < -0.39 is 5.91 Å². The maximum absolute atomic E-state index is 11.4. The van der Waals surface area contributed by atoms with Crippen LogP contribution in [0.3, 0.4) is 0 Å². The van der Waals surface area contributed by atoms with E-state index in [9.17, 15) is 4.79 Å². The summed E-state index contributed by atoms with van der Waals surface area (Å²) in [6, 6.07) is 3.40. The second-order valence-corrected chi connectivity index (χ2v) is 4.76. The average molecular weight is 274 g/mol. The van der Waals surface area contributed by atoms with E-state index >= 15 is 0 Å². The number of anilines is 2. The predicted octanol–water partition coefficient (Wildman–Crippen LogP) is 2.15. The maximum atomic E-state index is 11.4. The number of nitrogens with two attached hydrogens (primary N) is 2. The molecule has 1 amide bonds. The van der Waals surface area contributed by atoms with Crippen LogP contribution in [0.5, 0.6) is 0 Å². The Labute approximate surface area is 117 Å². The number of pyridine rings is 1. The van der Waals surface area contributed by atoms with Crippen LogP contribution in [0.4, 0.5) is 11.5 Å². The van der Waals surface area contributed by atoms with Gasteiger partial charge in [-0.15, -0.1) is 0 Å². The molecule has 0 spiro atoms. The lowest BCUT2D eigenvalue weighted by atomic mass is 10.1. The highest BCUT2D eigenvalue weighted by Crippen LogP contribution is 2.26. The van der Waals surface area contributed by atoms with Crippen LogP contribution in [0.25, 0.3) is 0 Å². The van der Waals surface area contributed by atoms with Crippen molar-refractivity contribution in [1.82, 2.24) is 4.98 Å². The van der Waals surface area contributed by atoms with E-state index in [0.717, 1.165) is 17.1 Å². The molecule has 0 aliphatic carbocycles. The van der Waals surface area contributed by atoms with Gasteiger partial charge in [-0.25, -0.2) is 4.98 Å². The minimum atomic E-state index is -0.570. The van der Waals surface area contributed by atoms with Crippen LogP contribution < -0.4 is 16.8 Å². The highest BCUT2D eigenvalue weighted by atomic mass is 16.3. The third-order valence-electron chi connectivity index (χ3n) is 3.07. The summed E-state index contributed by atoms with van der Waals surface area (Å²) in [6.45, 7) is 5.74. The van der Waals surface area contributed by atoms with Crippen molar-refractivity contribution >= 4 is 17.4 Å². The quantitative estimate of drug-likeness (QED) is 0.791. The van der Waals surface area contributed by atoms with E-state index in [1.54, 1.807) is 0 Å². The summed E-state index contributed by atoms with van der Waals surface area (Å²) < 4.78 is 5.50. The monoisotopic (exact) mass is 274 g/mol. The van der Waals surface area contributed by atoms with Crippen LogP contribution in [0.1, 0.15) is 40.4 Å². The summed E-state index contributed by atoms with van der Waals surface area (Å²) in [7, 11) is 0. The van der Waals surface area contributed by atoms with Gasteiger partial charge in [0.05, 0.1) is 23.5 Å². The van der Waals surface area contributed by atoms with Gasteiger partial charge >= 0.3 is 0 Å². The highest BCUT2D eigenvalue weighted by Gasteiger charge is 2.16. The molecule has 106 valence electrons. The maximum Gasteiger partial charge on any atom is 0.252 e. The molecular weight excluding hydrogens is 256 g/mol. The van der Waals surface area contributed by atoms with Crippen molar-refractivity contribution < 1.29 is 9.21 Å². The Balaban J connectivity index is 2.30. The van der Waals surface area contributed by atoms with Gasteiger partial charge in [-0.1, -0.05) is 0 Å². The lowest BCUT2D eigenvalue weighted by molar-refractivity contribution is 0.100. The molecule has 1 atom stereocenters. The number of primary amides is 1. The number of nitrogens with one attached hydrogen (secondary N) is 1. The SMILES string of the molecule is Cc1cc(C(C)Nc2ncc(N)cc2C(N)=O)c(C)o1. The van der Waals surface area contributed by atoms with Crippen LogP contribution in [0.2, 0.25) is 0 Å². The topological polar surface area (TPSA) is 107 Å². The smallest absolute Gasteiger partial charge is 0.252 e. The van der Waals surface area contributed by atoms with Crippen molar-refractivity contribution in [3.8, 4) is 0 Å². The standard InChI is InChI=1S/C14H18N4O2/c1-7-4-11(9(3)20-7)8(2)18-14-12(13(16)19)5-10(15)6-17-14/h4-6,8H,15H2,1-3H3,(H2,16,19)(H,17,18). The highest BCUT2D eigenvalue weighted by molar-refractivity contribution is 5.98. The molecule has 6 nitrogen and oxygen atoms in total. The Hall–Kier alpha value is -2.50. The summed E-state index contributed by atoms with van der Waals surface area (Å²) in [5.41, 5.74) is 12.6. The Morgan fingerprint density at radius 1 is 1.40 bits per heavy atom. The number of nitrogen functional groups attached to an aromatic ring is 1. The van der Waals surface area contributed by atoms with Gasteiger partial charge < -0.3 is 21.2 Å². The van der Waals surface area contributed by atoms with Crippen LogP contribution in [0, 0.1) is 13.8 Å². The van der Waals surface area contributed by atoms with Gasteiger partial charge in [0.25, 0.3) is 5.91 Å². The molecule has 2 aromatic rings. The average Bonchev–Trinajstić information content (AvgIpc) is 2.70. The fourth-order valence-corrected chi connectivity index (χ4v) is 2.15. The van der Waals surface area contributed by atoms with Crippen molar-refractivity contribution in [2.24, 2.45) is 5.73 Å². The van der Waals surface area contributed by atoms with Gasteiger partial charge in [-0.05, 0) is 32.9 Å². The van der Waals surface area contributed by atoms with Crippen molar-refractivity contribution in [2.45, 2.75) is 26.8 Å². The van der Waals surface area contributed by atoms with E-state index in [0.29, 0.717) is 11.5 Å². The van der Waals surface area contributed by atoms with Crippen molar-refractivity contribution in [3.05, 3.63) is 41.0 Å². The minimum Gasteiger partial charge on any atom is -0.466 e. The number of amides is 1. The lowest BCUT2D eigenvalue weighted by Gasteiger charge is -2.16. The Morgan fingerprint density at radius 3 is 2.65 bits per heavy atom. The molecule has 0 saturated heterocycles. The lowest BCUT2D eigenvalue weighted by Crippen LogP contribution is -2.17. The van der Waals surface area contributed by atoms with Crippen LogP contribution in [-0.2, 0) is 0 Å². The number of carbonyl (C=O) groups excluding carboxylic acids is 1. The van der Waals surface area contributed by atoms with Crippen LogP contribution in [0.15, 0.2) is 22.7 Å². The van der Waals surface area contributed by atoms with Crippen molar-refractivity contribution in [2.75, 3.05) is 11.1 Å². The molecule has 5 N–H and O–H groups in total. The molecule has 0 radical (unpaired) electrons. The minimum absolute atomic E-state index is 0.0679. The molecule has 0 aliphatic rings. The molecule has 0 aromatic carbocycles. The van der Waals surface area contributed by atoms with E-state index in [2.05, 4.69) is 10.3 Å². The zero-order valence-corrected chi connectivity index (χ0v) is 11.7. The molecule has 0 aliphatic heterocycles. The molecule has 6 heteroatoms. The second kappa shape index (κ2) is 5.24. The first-order valence-corrected chi connectivity index (χ1v) is 6.27. The Morgan fingerprint density at radius 2 is 2.10 bits per heavy atom. The second-order valence-electron chi connectivity index (χ2n) is 4.76. The molecule has 0 saturated carbocycles. The Kier molecular flexibility index (Phi) is 3.65. The zero-order valence-electron chi connectivity index (χ0n) is 11.7. The van der Waals surface area contributed by atoms with E-state index in [1.807, 2.05) is 26.8 Å². The van der Waals surface area contributed by atoms with Crippen molar-refractivity contribution in [3.63, 3.8) is 0 Å². The molecule has 0 fully saturated rings. The summed E-state index contributed by atoms with van der Waals surface area (Å²) in [4.78, 5) is 15.6. The fourth-order valence-electron chi connectivity index (χ4n) is 2.15. The van der Waals surface area contributed by atoms with Gasteiger partial charge in [-0.2, -0.15) is 0 Å². The number of hydrogen-bond donors (Lipinski definition) is 3. The molecule has 2 aromatic heterocycles. The normalized spacial score (nSPS) is 12.2. The number of aryl methyl sites for hydroxylation is 2. The number of carbonyl (C=O) groups is 1. The van der Waals surface area contributed by atoms with E-state index in [-0.39, 0.29) is 11.6 Å². The summed E-state index contributed by atoms with van der Waals surface area (Å²) in [6.07, 6.45) is 1.48. The van der Waals surface area contributed by atoms with Gasteiger partial charge in [0.2, 0.25) is 0 Å². The predicted molar refractivity (Wildman–Crippen MR) is 77.4 cm³/mol. The number of nitrogens with zero attached hydrogens (tertiary/aromatic N) is 1. The third kappa shape index (κ3) is 2.74. The number of rotatable bonds is 4. The summed E-state index contributed by atoms with van der Waals surface area (Å²) >= 11 is 0. The van der Waals surface area contributed by atoms with Gasteiger partial charge in [0, 0.05) is 5.56 Å². The molecule has 1 unspecified atom stereocenters. The third-order valence-corrected chi connectivity index (χ3v) is 3.07. The first-order chi connectivity index (χ1) is 9.38. The number of aromatic nitrogens is 1. The molecular formula is C14H18N4O2. The number of hydrogen-bond acceptors (Lipinski definition) is 5.